The van der Waals surface area contributed by atoms with Crippen LogP contribution in [0.5, 0.6) is 11.6 Å². The Hall–Kier alpha value is -3.74. The van der Waals surface area contributed by atoms with Gasteiger partial charge in [0.25, 0.3) is 5.88 Å². The molecule has 5 rings (SSSR count). The van der Waals surface area contributed by atoms with E-state index in [0.717, 1.165) is 25.0 Å². The van der Waals surface area contributed by atoms with Crippen LogP contribution in [0.1, 0.15) is 25.5 Å². The lowest BCUT2D eigenvalue weighted by atomic mass is 10.1. The van der Waals surface area contributed by atoms with Crippen LogP contribution >= 0.6 is 0 Å². The highest BCUT2D eigenvalue weighted by atomic mass is 19.1. The van der Waals surface area contributed by atoms with Crippen LogP contribution in [-0.4, -0.2) is 59.3 Å². The first-order valence-electron chi connectivity index (χ1n) is 11.3. The van der Waals surface area contributed by atoms with Crippen molar-refractivity contribution in [2.45, 2.75) is 38.1 Å². The predicted octanol–water partition coefficient (Wildman–Crippen LogP) is 2.55. The summed E-state index contributed by atoms with van der Waals surface area (Å²) in [5.41, 5.74) is 7.72. The van der Waals surface area contributed by atoms with Gasteiger partial charge in [-0.2, -0.15) is 9.90 Å². The van der Waals surface area contributed by atoms with Gasteiger partial charge >= 0.3 is 0 Å². The zero-order valence-corrected chi connectivity index (χ0v) is 18.9. The van der Waals surface area contributed by atoms with Crippen molar-refractivity contribution in [2.24, 2.45) is 5.73 Å². The summed E-state index contributed by atoms with van der Waals surface area (Å²) >= 11 is 0. The first-order valence-corrected chi connectivity index (χ1v) is 11.3. The van der Waals surface area contributed by atoms with E-state index in [-0.39, 0.29) is 25.3 Å². The Morgan fingerprint density at radius 3 is 2.80 bits per heavy atom. The van der Waals surface area contributed by atoms with Gasteiger partial charge in [-0.3, -0.25) is 0 Å². The molecule has 12 heteroatoms. The van der Waals surface area contributed by atoms with Crippen molar-refractivity contribution in [2.75, 3.05) is 13.2 Å². The average molecular weight is 481 g/mol. The maximum atomic E-state index is 14.9. The van der Waals surface area contributed by atoms with Gasteiger partial charge < -0.3 is 20.3 Å². The molecular weight excluding hydrogens is 455 g/mol. The molecule has 2 unspecified atom stereocenters. The van der Waals surface area contributed by atoms with E-state index >= 15 is 0 Å². The molecule has 3 aromatic heterocycles. The summed E-state index contributed by atoms with van der Waals surface area (Å²) in [6.07, 6.45) is 6.03. The third-order valence-corrected chi connectivity index (χ3v) is 5.61. The fourth-order valence-electron chi connectivity index (χ4n) is 3.82. The molecule has 1 aliphatic rings. The van der Waals surface area contributed by atoms with Crippen LogP contribution in [0.4, 0.5) is 4.39 Å². The van der Waals surface area contributed by atoms with Crippen LogP contribution < -0.4 is 10.5 Å². The number of hydrogen-bond acceptors (Lipinski definition) is 9. The summed E-state index contributed by atoms with van der Waals surface area (Å²) in [5.74, 6) is 0.0782. The maximum absolute atomic E-state index is 14.9. The van der Waals surface area contributed by atoms with E-state index in [9.17, 15) is 4.39 Å². The molecule has 0 spiro atoms. The number of aliphatic hydroxyl groups is 1. The van der Waals surface area contributed by atoms with Crippen molar-refractivity contribution in [3.8, 4) is 34.3 Å². The molecule has 0 amide bonds. The molecule has 35 heavy (non-hydrogen) atoms. The minimum absolute atomic E-state index is 0.136. The predicted molar refractivity (Wildman–Crippen MR) is 123 cm³/mol. The van der Waals surface area contributed by atoms with Crippen molar-refractivity contribution in [1.82, 2.24) is 35.0 Å². The third kappa shape index (κ3) is 5.19. The summed E-state index contributed by atoms with van der Waals surface area (Å²) in [4.78, 5) is 5.51. The molecular formula is C23H25FN8O3. The Balaban J connectivity index is 1.28. The van der Waals surface area contributed by atoms with Crippen LogP contribution in [0.3, 0.4) is 0 Å². The number of tetrazole rings is 1. The van der Waals surface area contributed by atoms with Crippen molar-refractivity contribution in [3.05, 3.63) is 54.6 Å². The molecule has 0 aliphatic carbocycles. The van der Waals surface area contributed by atoms with Crippen molar-refractivity contribution >= 4 is 0 Å². The van der Waals surface area contributed by atoms with Gasteiger partial charge in [-0.15, -0.1) is 10.2 Å². The topological polar surface area (TPSA) is 139 Å². The largest absolute Gasteiger partial charge is 0.436 e. The molecule has 0 radical (unpaired) electrons. The van der Waals surface area contributed by atoms with Crippen LogP contribution in [-0.2, 0) is 11.3 Å². The number of pyridine rings is 1. The minimum atomic E-state index is -0.589. The van der Waals surface area contributed by atoms with Crippen LogP contribution in [0.15, 0.2) is 48.8 Å². The molecule has 4 heterocycles. The summed E-state index contributed by atoms with van der Waals surface area (Å²) < 4.78 is 28.1. The van der Waals surface area contributed by atoms with Gasteiger partial charge in [0.1, 0.15) is 5.75 Å². The number of aliphatic hydroxyl groups excluding tert-OH is 1. The molecule has 4 aromatic rings. The fourth-order valence-corrected chi connectivity index (χ4v) is 3.82. The van der Waals surface area contributed by atoms with E-state index in [1.54, 1.807) is 41.3 Å². The number of ether oxygens (including phenoxy) is 2. The van der Waals surface area contributed by atoms with Gasteiger partial charge in [-0.25, -0.2) is 14.1 Å². The molecule has 182 valence electrons. The lowest BCUT2D eigenvalue weighted by molar-refractivity contribution is -0.0383. The first kappa shape index (κ1) is 23.0. The second-order valence-electron chi connectivity index (χ2n) is 8.23. The second kappa shape index (κ2) is 10.3. The molecule has 0 bridgehead atoms. The third-order valence-electron chi connectivity index (χ3n) is 5.61. The maximum Gasteiger partial charge on any atom is 0.255 e. The zero-order valence-electron chi connectivity index (χ0n) is 18.9. The summed E-state index contributed by atoms with van der Waals surface area (Å²) in [5, 5.41) is 25.6. The summed E-state index contributed by atoms with van der Waals surface area (Å²) in [6, 6.07) is 9.53. The van der Waals surface area contributed by atoms with Gasteiger partial charge in [-0.1, -0.05) is 0 Å². The molecule has 1 saturated heterocycles. The van der Waals surface area contributed by atoms with Gasteiger partial charge in [0.2, 0.25) is 5.82 Å². The Bertz CT molecular complexity index is 1270. The Labute approximate surface area is 200 Å². The fraction of sp³-hybridized carbons (Fsp3) is 0.348. The number of rotatable bonds is 8. The van der Waals surface area contributed by atoms with Crippen molar-refractivity contribution in [3.63, 3.8) is 0 Å². The lowest BCUT2D eigenvalue weighted by Crippen LogP contribution is -2.30. The Morgan fingerprint density at radius 2 is 2.06 bits per heavy atom. The second-order valence-corrected chi connectivity index (χ2v) is 8.23. The number of aromatic nitrogens is 7. The van der Waals surface area contributed by atoms with E-state index in [1.165, 1.54) is 10.9 Å². The summed E-state index contributed by atoms with van der Waals surface area (Å²) in [6.45, 7) is 0.766. The Kier molecular flexibility index (Phi) is 6.75. The lowest BCUT2D eigenvalue weighted by Gasteiger charge is -2.24. The standard InChI is InChI=1S/C23H25FN8O3/c24-19-11-16(20-8-9-27-32(20)21-3-1-2-10-34-21)12-26-23(19)35-18-6-4-15(5-7-18)22-28-30-31(29-22)13-17(25)14-33/h4-9,11-12,17,21,33H,1-3,10,13-14,25H2. The van der Waals surface area contributed by atoms with Crippen LogP contribution in [0.2, 0.25) is 0 Å². The molecule has 2 atom stereocenters. The highest BCUT2D eigenvalue weighted by Crippen LogP contribution is 2.31. The molecule has 1 aliphatic heterocycles. The smallest absolute Gasteiger partial charge is 0.255 e. The summed E-state index contributed by atoms with van der Waals surface area (Å²) in [7, 11) is 0. The monoisotopic (exact) mass is 480 g/mol. The van der Waals surface area contributed by atoms with E-state index in [0.29, 0.717) is 29.3 Å². The van der Waals surface area contributed by atoms with Crippen LogP contribution in [0.25, 0.3) is 22.6 Å². The zero-order chi connectivity index (χ0) is 24.2. The molecule has 0 saturated carbocycles. The number of nitrogens with two attached hydrogens (primary N) is 1. The van der Waals surface area contributed by atoms with Crippen molar-refractivity contribution in [1.29, 1.82) is 0 Å². The first-order chi connectivity index (χ1) is 17.1. The Morgan fingerprint density at radius 1 is 1.20 bits per heavy atom. The van der Waals surface area contributed by atoms with E-state index in [1.807, 2.05) is 6.07 Å². The molecule has 1 fully saturated rings. The minimum Gasteiger partial charge on any atom is -0.436 e. The van der Waals surface area contributed by atoms with E-state index in [4.69, 9.17) is 20.3 Å². The quantitative estimate of drug-likeness (QED) is 0.389. The highest BCUT2D eigenvalue weighted by molar-refractivity contribution is 5.59. The van der Waals surface area contributed by atoms with E-state index < -0.39 is 11.9 Å². The molecule has 1 aromatic carbocycles. The van der Waals surface area contributed by atoms with Crippen LogP contribution in [0, 0.1) is 5.82 Å². The molecule has 11 nitrogen and oxygen atoms in total. The number of hydrogen-bond donors (Lipinski definition) is 2. The molecule has 3 N–H and O–H groups in total. The average Bonchev–Trinajstić information content (AvgIpc) is 3.56. The van der Waals surface area contributed by atoms with Gasteiger partial charge in [-0.05, 0) is 60.9 Å². The SMILES string of the molecule is NC(CO)Cn1nnc(-c2ccc(Oc3ncc(-c4ccnn4C4CCCCO4)cc3F)cc2)n1. The normalized spacial score (nSPS) is 16.8. The van der Waals surface area contributed by atoms with Gasteiger partial charge in [0.15, 0.2) is 12.0 Å². The van der Waals surface area contributed by atoms with Gasteiger partial charge in [0.05, 0.1) is 18.8 Å². The number of nitrogens with zero attached hydrogens (tertiary/aromatic N) is 7. The highest BCUT2D eigenvalue weighted by Gasteiger charge is 2.20. The van der Waals surface area contributed by atoms with E-state index in [2.05, 4.69) is 25.5 Å². The van der Waals surface area contributed by atoms with Crippen molar-refractivity contribution < 1.29 is 19.0 Å². The number of benzene rings is 1. The number of halogens is 1. The van der Waals surface area contributed by atoms with Gasteiger partial charge in [0, 0.05) is 36.2 Å².